The lowest BCUT2D eigenvalue weighted by atomic mass is 10.3. The topological polar surface area (TPSA) is 25.2 Å². The fourth-order valence-electron chi connectivity index (χ4n) is 1.25. The van der Waals surface area contributed by atoms with Crippen LogP contribution in [-0.4, -0.2) is 21.8 Å². The molecule has 1 aliphatic rings. The lowest BCUT2D eigenvalue weighted by molar-refractivity contribution is 0.738. The van der Waals surface area contributed by atoms with E-state index < -0.39 is 0 Å². The molecule has 1 aromatic rings. The Bertz CT molecular complexity index is 308. The van der Waals surface area contributed by atoms with Crippen LogP contribution >= 0.6 is 11.8 Å². The molecule has 13 heavy (non-hydrogen) atoms. The zero-order valence-corrected chi connectivity index (χ0v) is 8.42. The van der Waals surface area contributed by atoms with E-state index >= 15 is 0 Å². The highest BCUT2D eigenvalue weighted by Gasteiger charge is 2.17. The van der Waals surface area contributed by atoms with Crippen molar-refractivity contribution in [2.24, 2.45) is 4.99 Å². The van der Waals surface area contributed by atoms with Crippen LogP contribution in [-0.2, 0) is 0 Å². The van der Waals surface area contributed by atoms with Crippen molar-refractivity contribution in [2.45, 2.75) is 19.4 Å². The molecule has 0 radical (unpaired) electrons. The molecular formula is C10H12N2S. The summed E-state index contributed by atoms with van der Waals surface area (Å²) in [6.07, 6.45) is 2.95. The van der Waals surface area contributed by atoms with Gasteiger partial charge in [0.15, 0.2) is 0 Å². The molecule has 2 rings (SSSR count). The molecule has 0 amide bonds. The van der Waals surface area contributed by atoms with Crippen molar-refractivity contribution < 1.29 is 0 Å². The molecule has 1 atom stereocenters. The Kier molecular flexibility index (Phi) is 2.64. The van der Waals surface area contributed by atoms with Crippen LogP contribution in [0.25, 0.3) is 0 Å². The Morgan fingerprint density at radius 3 is 3.08 bits per heavy atom. The van der Waals surface area contributed by atoms with Gasteiger partial charge < -0.3 is 0 Å². The second-order valence-corrected chi connectivity index (χ2v) is 4.03. The van der Waals surface area contributed by atoms with Crippen LogP contribution < -0.4 is 0 Å². The number of rotatable bonds is 2. The number of hydrogen-bond acceptors (Lipinski definition) is 3. The van der Waals surface area contributed by atoms with Gasteiger partial charge in [0.05, 0.1) is 11.7 Å². The van der Waals surface area contributed by atoms with Gasteiger partial charge in [0.1, 0.15) is 5.04 Å². The number of hydrogen-bond donors (Lipinski definition) is 0. The summed E-state index contributed by atoms with van der Waals surface area (Å²) >= 11 is 1.82. The minimum atomic E-state index is 0.502. The van der Waals surface area contributed by atoms with Crippen LogP contribution in [0, 0.1) is 0 Å². The average molecular weight is 192 g/mol. The minimum absolute atomic E-state index is 0.502. The number of nitrogens with zero attached hydrogens (tertiary/aromatic N) is 2. The number of pyridine rings is 1. The summed E-state index contributed by atoms with van der Waals surface area (Å²) in [7, 11) is 0. The molecule has 68 valence electrons. The van der Waals surface area contributed by atoms with E-state index in [0.717, 1.165) is 22.9 Å². The predicted molar refractivity (Wildman–Crippen MR) is 57.3 cm³/mol. The summed E-state index contributed by atoms with van der Waals surface area (Å²) in [4.78, 5) is 8.87. The smallest absolute Gasteiger partial charge is 0.117 e. The van der Waals surface area contributed by atoms with Crippen LogP contribution in [0.3, 0.4) is 0 Å². The van der Waals surface area contributed by atoms with Crippen LogP contribution in [0.5, 0.6) is 0 Å². The molecule has 0 N–H and O–H groups in total. The maximum Gasteiger partial charge on any atom is 0.117 e. The van der Waals surface area contributed by atoms with Crippen molar-refractivity contribution in [3.8, 4) is 0 Å². The van der Waals surface area contributed by atoms with Crippen LogP contribution in [0.4, 0.5) is 0 Å². The Hall–Kier alpha value is -0.830. The van der Waals surface area contributed by atoms with E-state index in [1.165, 1.54) is 0 Å². The Morgan fingerprint density at radius 1 is 1.54 bits per heavy atom. The standard InChI is InChI=1S/C10H12N2S/c1-2-8-7-13-10(12-8)9-5-3-4-6-11-9/h3-6,8H,2,7H2,1H3/t8-/m1/s1. The van der Waals surface area contributed by atoms with Gasteiger partial charge >= 0.3 is 0 Å². The largest absolute Gasteiger partial charge is 0.272 e. The van der Waals surface area contributed by atoms with Crippen molar-refractivity contribution in [2.75, 3.05) is 5.75 Å². The van der Waals surface area contributed by atoms with E-state index in [4.69, 9.17) is 0 Å². The van der Waals surface area contributed by atoms with E-state index in [0.29, 0.717) is 6.04 Å². The van der Waals surface area contributed by atoms with Gasteiger partial charge in [-0.3, -0.25) is 9.98 Å². The van der Waals surface area contributed by atoms with Gasteiger partial charge in [-0.05, 0) is 18.6 Å². The zero-order valence-electron chi connectivity index (χ0n) is 7.60. The second kappa shape index (κ2) is 3.92. The highest BCUT2D eigenvalue weighted by molar-refractivity contribution is 8.14. The summed E-state index contributed by atoms with van der Waals surface area (Å²) in [6, 6.07) is 6.46. The van der Waals surface area contributed by atoms with E-state index in [2.05, 4.69) is 16.9 Å². The summed E-state index contributed by atoms with van der Waals surface area (Å²) in [5.41, 5.74) is 1.02. The highest BCUT2D eigenvalue weighted by Crippen LogP contribution is 2.23. The summed E-state index contributed by atoms with van der Waals surface area (Å²) < 4.78 is 0. The number of aliphatic imine (C=N–C) groups is 1. The van der Waals surface area contributed by atoms with Gasteiger partial charge in [-0.25, -0.2) is 0 Å². The van der Waals surface area contributed by atoms with Crippen LogP contribution in [0.1, 0.15) is 19.0 Å². The van der Waals surface area contributed by atoms with Gasteiger partial charge in [-0.1, -0.05) is 13.0 Å². The third-order valence-corrected chi connectivity index (χ3v) is 3.21. The normalized spacial score (nSPS) is 21.6. The lowest BCUT2D eigenvalue weighted by Gasteiger charge is -1.96. The molecule has 0 spiro atoms. The Labute approximate surface area is 82.5 Å². The maximum atomic E-state index is 4.59. The van der Waals surface area contributed by atoms with E-state index in [1.54, 1.807) is 0 Å². The molecule has 0 bridgehead atoms. The molecule has 0 saturated heterocycles. The fraction of sp³-hybridized carbons (Fsp3) is 0.400. The van der Waals surface area contributed by atoms with E-state index in [1.807, 2.05) is 36.2 Å². The quantitative estimate of drug-likeness (QED) is 0.718. The summed E-state index contributed by atoms with van der Waals surface area (Å²) in [6.45, 7) is 2.18. The molecule has 2 heterocycles. The first-order valence-electron chi connectivity index (χ1n) is 4.52. The molecule has 2 nitrogen and oxygen atoms in total. The molecular weight excluding hydrogens is 180 g/mol. The van der Waals surface area contributed by atoms with Crippen molar-refractivity contribution in [1.29, 1.82) is 0 Å². The highest BCUT2D eigenvalue weighted by atomic mass is 32.2. The second-order valence-electron chi connectivity index (χ2n) is 3.02. The average Bonchev–Trinajstić information content (AvgIpc) is 2.67. The van der Waals surface area contributed by atoms with Crippen LogP contribution in [0.2, 0.25) is 0 Å². The lowest BCUT2D eigenvalue weighted by Crippen LogP contribution is -1.99. The molecule has 0 fully saturated rings. The van der Waals surface area contributed by atoms with E-state index in [-0.39, 0.29) is 0 Å². The first-order chi connectivity index (χ1) is 6.40. The predicted octanol–water partition coefficient (Wildman–Crippen LogP) is 2.35. The molecule has 1 aromatic heterocycles. The molecule has 0 unspecified atom stereocenters. The molecule has 0 saturated carbocycles. The molecule has 3 heteroatoms. The maximum absolute atomic E-state index is 4.59. The third kappa shape index (κ3) is 1.91. The first-order valence-corrected chi connectivity index (χ1v) is 5.50. The SMILES string of the molecule is CC[C@@H]1CSC(c2ccccn2)=N1. The number of thioether (sulfide) groups is 1. The number of aromatic nitrogens is 1. The van der Waals surface area contributed by atoms with Gasteiger partial charge in [0.2, 0.25) is 0 Å². The van der Waals surface area contributed by atoms with Crippen molar-refractivity contribution in [3.05, 3.63) is 30.1 Å². The van der Waals surface area contributed by atoms with Gasteiger partial charge in [-0.15, -0.1) is 11.8 Å². The molecule has 0 aromatic carbocycles. The van der Waals surface area contributed by atoms with Crippen molar-refractivity contribution in [3.63, 3.8) is 0 Å². The Morgan fingerprint density at radius 2 is 2.46 bits per heavy atom. The van der Waals surface area contributed by atoms with Gasteiger partial charge in [-0.2, -0.15) is 0 Å². The summed E-state index contributed by atoms with van der Waals surface area (Å²) in [5.74, 6) is 1.11. The van der Waals surface area contributed by atoms with E-state index in [9.17, 15) is 0 Å². The zero-order chi connectivity index (χ0) is 9.10. The summed E-state index contributed by atoms with van der Waals surface area (Å²) in [5, 5.41) is 1.10. The fourth-order valence-corrected chi connectivity index (χ4v) is 2.41. The first kappa shape index (κ1) is 8.75. The third-order valence-electron chi connectivity index (χ3n) is 2.07. The van der Waals surface area contributed by atoms with Crippen molar-refractivity contribution in [1.82, 2.24) is 4.98 Å². The van der Waals surface area contributed by atoms with Crippen LogP contribution in [0.15, 0.2) is 29.4 Å². The Balaban J connectivity index is 2.19. The molecule has 1 aliphatic heterocycles. The monoisotopic (exact) mass is 192 g/mol. The van der Waals surface area contributed by atoms with Gasteiger partial charge in [0, 0.05) is 11.9 Å². The molecule has 0 aliphatic carbocycles. The van der Waals surface area contributed by atoms with Gasteiger partial charge in [0.25, 0.3) is 0 Å². The van der Waals surface area contributed by atoms with Crippen molar-refractivity contribution >= 4 is 16.8 Å². The minimum Gasteiger partial charge on any atom is -0.272 e.